The lowest BCUT2D eigenvalue weighted by Gasteiger charge is -2.19. The van der Waals surface area contributed by atoms with E-state index >= 15 is 0 Å². The van der Waals surface area contributed by atoms with E-state index in [0.29, 0.717) is 42.8 Å². The molecular weight excluding hydrogens is 475 g/mol. The number of H-pyrrole nitrogens is 1. The van der Waals surface area contributed by atoms with Crippen LogP contribution in [0.2, 0.25) is 0 Å². The molecule has 4 N–H and O–H groups in total. The Morgan fingerprint density at radius 1 is 1.25 bits per heavy atom. The fourth-order valence-corrected chi connectivity index (χ4v) is 2.46. The Morgan fingerprint density at radius 2 is 2.04 bits per heavy atom. The van der Waals surface area contributed by atoms with E-state index in [4.69, 9.17) is 8.83 Å². The molecule has 0 spiro atoms. The Balaban J connectivity index is 0.00000280. The smallest absolute Gasteiger partial charge is 0.216 e. The summed E-state index contributed by atoms with van der Waals surface area (Å²) in [4.78, 5) is 8.84. The van der Waals surface area contributed by atoms with Crippen molar-refractivity contribution in [3.8, 4) is 11.6 Å². The number of hydrogen-bond acceptors (Lipinski definition) is 6. The van der Waals surface area contributed by atoms with Crippen LogP contribution in [-0.2, 0) is 12.0 Å². The van der Waals surface area contributed by atoms with Crippen LogP contribution in [0, 0.1) is 0 Å². The minimum atomic E-state index is -1.17. The van der Waals surface area contributed by atoms with Gasteiger partial charge in [-0.15, -0.1) is 24.0 Å². The van der Waals surface area contributed by atoms with Crippen molar-refractivity contribution in [2.45, 2.75) is 25.9 Å². The van der Waals surface area contributed by atoms with Gasteiger partial charge in [0, 0.05) is 19.5 Å². The molecule has 9 nitrogen and oxygen atoms in total. The summed E-state index contributed by atoms with van der Waals surface area (Å²) in [6, 6.07) is 7.08. The van der Waals surface area contributed by atoms with Gasteiger partial charge >= 0.3 is 0 Å². The second kappa shape index (κ2) is 10.3. The third kappa shape index (κ3) is 5.83. The zero-order valence-corrected chi connectivity index (χ0v) is 18.1. The van der Waals surface area contributed by atoms with Gasteiger partial charge in [-0.3, -0.25) is 5.10 Å². The van der Waals surface area contributed by atoms with E-state index in [1.807, 2.05) is 13.0 Å². The Labute approximate surface area is 180 Å². The largest absolute Gasteiger partial charge is 0.466 e. The topological polar surface area (TPSA) is 124 Å². The number of nitrogens with one attached hydrogen (secondary N) is 3. The minimum absolute atomic E-state index is 0. The molecule has 10 heteroatoms. The van der Waals surface area contributed by atoms with Crippen LogP contribution in [0.5, 0.6) is 0 Å². The monoisotopic (exact) mass is 500 g/mol. The third-order valence-corrected chi connectivity index (χ3v) is 3.87. The maximum Gasteiger partial charge on any atom is 0.216 e. The first-order chi connectivity index (χ1) is 13.1. The predicted octanol–water partition coefficient (Wildman–Crippen LogP) is 2.28. The van der Waals surface area contributed by atoms with Crippen LogP contribution < -0.4 is 10.6 Å². The SMILES string of the molecule is CCNC(=NCC(C)(O)c1ccco1)NCCc1nc(-c2ccco2)n[nH]1.I. The lowest BCUT2D eigenvalue weighted by atomic mass is 10.0. The zero-order valence-electron chi connectivity index (χ0n) is 15.8. The van der Waals surface area contributed by atoms with Crippen LogP contribution in [0.15, 0.2) is 50.6 Å². The maximum atomic E-state index is 10.5. The first-order valence-electron chi connectivity index (χ1n) is 8.82. The molecular formula is C18H25IN6O3. The molecule has 1 atom stereocenters. The third-order valence-electron chi connectivity index (χ3n) is 3.87. The van der Waals surface area contributed by atoms with Gasteiger partial charge in [-0.25, -0.2) is 9.98 Å². The van der Waals surface area contributed by atoms with Crippen LogP contribution in [0.1, 0.15) is 25.4 Å². The molecule has 0 saturated heterocycles. The van der Waals surface area contributed by atoms with Crippen LogP contribution in [-0.4, -0.2) is 45.9 Å². The zero-order chi connectivity index (χ0) is 19.1. The molecule has 0 fully saturated rings. The fourth-order valence-electron chi connectivity index (χ4n) is 2.46. The van der Waals surface area contributed by atoms with Gasteiger partial charge in [0.2, 0.25) is 5.82 Å². The highest BCUT2D eigenvalue weighted by Gasteiger charge is 2.26. The minimum Gasteiger partial charge on any atom is -0.466 e. The highest BCUT2D eigenvalue weighted by molar-refractivity contribution is 14.0. The molecule has 152 valence electrons. The molecule has 0 radical (unpaired) electrons. The Morgan fingerprint density at radius 3 is 2.71 bits per heavy atom. The molecule has 0 saturated carbocycles. The number of aromatic amines is 1. The molecule has 3 rings (SSSR count). The molecule has 0 aliphatic rings. The van der Waals surface area contributed by atoms with Crippen LogP contribution in [0.25, 0.3) is 11.6 Å². The molecule has 0 aliphatic carbocycles. The number of halogens is 1. The quantitative estimate of drug-likeness (QED) is 0.213. The number of aromatic nitrogens is 3. The number of rotatable bonds is 8. The number of aliphatic hydroxyl groups is 1. The molecule has 0 aliphatic heterocycles. The summed E-state index contributed by atoms with van der Waals surface area (Å²) in [6.07, 6.45) is 3.75. The number of nitrogens with zero attached hydrogens (tertiary/aromatic N) is 3. The van der Waals surface area contributed by atoms with Gasteiger partial charge in [0.15, 0.2) is 11.7 Å². The van der Waals surface area contributed by atoms with E-state index in [0.717, 1.165) is 5.82 Å². The molecule has 3 aromatic heterocycles. The summed E-state index contributed by atoms with van der Waals surface area (Å²) in [5, 5.41) is 23.9. The lowest BCUT2D eigenvalue weighted by Crippen LogP contribution is -2.39. The van der Waals surface area contributed by atoms with E-state index < -0.39 is 5.60 Å². The van der Waals surface area contributed by atoms with Gasteiger partial charge in [0.25, 0.3) is 0 Å². The highest BCUT2D eigenvalue weighted by Crippen LogP contribution is 2.21. The fraction of sp³-hybridized carbons (Fsp3) is 0.389. The summed E-state index contributed by atoms with van der Waals surface area (Å²) in [7, 11) is 0. The Kier molecular flexibility index (Phi) is 8.05. The summed E-state index contributed by atoms with van der Waals surface area (Å²) >= 11 is 0. The second-order valence-electron chi connectivity index (χ2n) is 6.21. The number of hydrogen-bond donors (Lipinski definition) is 4. The van der Waals surface area contributed by atoms with Crippen LogP contribution >= 0.6 is 24.0 Å². The molecule has 1 unspecified atom stereocenters. The van der Waals surface area contributed by atoms with Gasteiger partial charge in [0.1, 0.15) is 17.2 Å². The van der Waals surface area contributed by atoms with Gasteiger partial charge in [-0.05, 0) is 38.1 Å². The maximum absolute atomic E-state index is 10.5. The van der Waals surface area contributed by atoms with E-state index in [2.05, 4.69) is 30.8 Å². The summed E-state index contributed by atoms with van der Waals surface area (Å²) in [5.74, 6) is 2.99. The number of furan rings is 2. The molecule has 0 bridgehead atoms. The van der Waals surface area contributed by atoms with Crippen LogP contribution in [0.4, 0.5) is 0 Å². The second-order valence-corrected chi connectivity index (χ2v) is 6.21. The Bertz CT molecular complexity index is 843. The predicted molar refractivity (Wildman–Crippen MR) is 115 cm³/mol. The number of aliphatic imine (C=N–C) groups is 1. The van der Waals surface area contributed by atoms with Gasteiger partial charge < -0.3 is 24.6 Å². The normalized spacial score (nSPS) is 13.6. The molecule has 3 aromatic rings. The van der Waals surface area contributed by atoms with Crippen molar-refractivity contribution in [3.05, 3.63) is 48.4 Å². The van der Waals surface area contributed by atoms with Crippen molar-refractivity contribution >= 4 is 29.9 Å². The van der Waals surface area contributed by atoms with E-state index in [9.17, 15) is 5.11 Å². The molecule has 28 heavy (non-hydrogen) atoms. The average Bonchev–Trinajstić information content (AvgIpc) is 3.41. The Hall–Kier alpha value is -2.34. The van der Waals surface area contributed by atoms with Gasteiger partial charge in [0.05, 0.1) is 19.1 Å². The van der Waals surface area contributed by atoms with Crippen molar-refractivity contribution in [2.24, 2.45) is 4.99 Å². The summed E-state index contributed by atoms with van der Waals surface area (Å²) in [5.41, 5.74) is -1.17. The van der Waals surface area contributed by atoms with Crippen molar-refractivity contribution in [2.75, 3.05) is 19.6 Å². The summed E-state index contributed by atoms with van der Waals surface area (Å²) in [6.45, 7) is 5.12. The van der Waals surface area contributed by atoms with E-state index in [1.54, 1.807) is 31.4 Å². The van der Waals surface area contributed by atoms with Crippen LogP contribution in [0.3, 0.4) is 0 Å². The van der Waals surface area contributed by atoms with Gasteiger partial charge in [-0.1, -0.05) is 0 Å². The summed E-state index contributed by atoms with van der Waals surface area (Å²) < 4.78 is 10.6. The van der Waals surface area contributed by atoms with Crippen molar-refractivity contribution < 1.29 is 13.9 Å². The highest BCUT2D eigenvalue weighted by atomic mass is 127. The standard InChI is InChI=1S/C18H24N6O3.HI/c1-3-19-17(21-12-18(2,25)14-7-5-11-27-14)20-9-8-15-22-16(24-23-15)13-6-4-10-26-13;/h4-7,10-11,25H,3,8-9,12H2,1-2H3,(H2,19,20,21)(H,22,23,24);1H. The average molecular weight is 500 g/mol. The molecule has 0 aromatic carbocycles. The first kappa shape index (κ1) is 22.0. The molecule has 0 amide bonds. The van der Waals surface area contributed by atoms with Crippen molar-refractivity contribution in [1.82, 2.24) is 25.8 Å². The first-order valence-corrected chi connectivity index (χ1v) is 8.82. The van der Waals surface area contributed by atoms with Crippen molar-refractivity contribution in [3.63, 3.8) is 0 Å². The lowest BCUT2D eigenvalue weighted by molar-refractivity contribution is 0.0437. The molecule has 3 heterocycles. The van der Waals surface area contributed by atoms with Crippen molar-refractivity contribution in [1.29, 1.82) is 0 Å². The van der Waals surface area contributed by atoms with Gasteiger partial charge in [-0.2, -0.15) is 5.10 Å². The van der Waals surface area contributed by atoms with E-state index in [1.165, 1.54) is 6.26 Å². The number of guanidine groups is 1. The van der Waals surface area contributed by atoms with E-state index in [-0.39, 0.29) is 30.5 Å².